The number of aryl methyl sites for hydroxylation is 2. The van der Waals surface area contributed by atoms with Crippen LogP contribution >= 0.6 is 0 Å². The molecule has 0 unspecified atom stereocenters. The van der Waals surface area contributed by atoms with E-state index in [-0.39, 0.29) is 0 Å². The summed E-state index contributed by atoms with van der Waals surface area (Å²) in [5.41, 5.74) is 0.911. The first kappa shape index (κ1) is 12.6. The predicted molar refractivity (Wildman–Crippen MR) is 68.4 cm³/mol. The molecule has 0 saturated heterocycles. The van der Waals surface area contributed by atoms with Crippen LogP contribution in [0.5, 0.6) is 0 Å². The molecule has 96 valence electrons. The van der Waals surface area contributed by atoms with E-state index in [0.717, 1.165) is 36.9 Å². The van der Waals surface area contributed by atoms with E-state index in [1.165, 1.54) is 0 Å². The number of nitrogens with zero attached hydrogens (tertiary/aromatic N) is 5. The summed E-state index contributed by atoms with van der Waals surface area (Å²) in [7, 11) is 0. The summed E-state index contributed by atoms with van der Waals surface area (Å²) in [6.07, 6.45) is 4.57. The van der Waals surface area contributed by atoms with Gasteiger partial charge in [-0.15, -0.1) is 5.10 Å². The summed E-state index contributed by atoms with van der Waals surface area (Å²) >= 11 is 0. The van der Waals surface area contributed by atoms with Crippen molar-refractivity contribution in [3.05, 3.63) is 29.7 Å². The molecular formula is C12H18N6. The van der Waals surface area contributed by atoms with Gasteiger partial charge >= 0.3 is 0 Å². The molecule has 2 aromatic heterocycles. The van der Waals surface area contributed by atoms with Crippen LogP contribution in [0.4, 0.5) is 0 Å². The van der Waals surface area contributed by atoms with Crippen LogP contribution in [-0.2, 0) is 6.54 Å². The van der Waals surface area contributed by atoms with Crippen molar-refractivity contribution in [2.24, 2.45) is 0 Å². The maximum Gasteiger partial charge on any atom is 0.174 e. The van der Waals surface area contributed by atoms with E-state index in [9.17, 15) is 0 Å². The Labute approximate surface area is 106 Å². The average Bonchev–Trinajstić information content (AvgIpc) is 2.69. The lowest BCUT2D eigenvalue weighted by Crippen LogP contribution is -2.16. The lowest BCUT2D eigenvalue weighted by Gasteiger charge is -2.05. The molecule has 18 heavy (non-hydrogen) atoms. The van der Waals surface area contributed by atoms with Crippen LogP contribution in [0.1, 0.15) is 30.7 Å². The number of nitrogens with one attached hydrogen (secondary N) is 1. The van der Waals surface area contributed by atoms with Gasteiger partial charge in [-0.05, 0) is 26.8 Å². The van der Waals surface area contributed by atoms with Gasteiger partial charge < -0.3 is 5.32 Å². The molecule has 0 aromatic carbocycles. The molecule has 2 heterocycles. The van der Waals surface area contributed by atoms with E-state index >= 15 is 0 Å². The van der Waals surface area contributed by atoms with E-state index in [4.69, 9.17) is 0 Å². The molecule has 0 spiro atoms. The van der Waals surface area contributed by atoms with Gasteiger partial charge in [0.2, 0.25) is 0 Å². The normalized spacial score (nSPS) is 10.8. The van der Waals surface area contributed by atoms with Crippen LogP contribution in [-0.4, -0.2) is 31.3 Å². The zero-order valence-corrected chi connectivity index (χ0v) is 11.0. The monoisotopic (exact) mass is 246 g/mol. The molecule has 0 amide bonds. The van der Waals surface area contributed by atoms with Gasteiger partial charge in [-0.25, -0.2) is 9.97 Å². The van der Waals surface area contributed by atoms with Crippen molar-refractivity contribution >= 4 is 0 Å². The molecule has 0 saturated carbocycles. The summed E-state index contributed by atoms with van der Waals surface area (Å²) in [6, 6.07) is 0. The molecule has 0 aliphatic rings. The second-order valence-electron chi connectivity index (χ2n) is 4.16. The van der Waals surface area contributed by atoms with E-state index in [1.54, 1.807) is 17.1 Å². The van der Waals surface area contributed by atoms with Gasteiger partial charge in [0.1, 0.15) is 11.6 Å². The van der Waals surface area contributed by atoms with Crippen molar-refractivity contribution in [3.8, 4) is 5.82 Å². The van der Waals surface area contributed by atoms with Crippen molar-refractivity contribution in [3.63, 3.8) is 0 Å². The number of aromatic nitrogens is 5. The van der Waals surface area contributed by atoms with Crippen molar-refractivity contribution < 1.29 is 0 Å². The Morgan fingerprint density at radius 3 is 2.72 bits per heavy atom. The molecular weight excluding hydrogens is 228 g/mol. The van der Waals surface area contributed by atoms with Gasteiger partial charge in [0.15, 0.2) is 5.82 Å². The van der Waals surface area contributed by atoms with Gasteiger partial charge in [0, 0.05) is 12.7 Å². The van der Waals surface area contributed by atoms with E-state index < -0.39 is 0 Å². The van der Waals surface area contributed by atoms with Crippen LogP contribution in [0.25, 0.3) is 5.82 Å². The Morgan fingerprint density at radius 1 is 1.22 bits per heavy atom. The highest BCUT2D eigenvalue weighted by atomic mass is 15.4. The number of rotatable bonds is 5. The minimum absolute atomic E-state index is 0.712. The Balaban J connectivity index is 2.19. The SMILES string of the molecule is CCCNCc1cncc(-n2nc(C)nc2C)n1. The van der Waals surface area contributed by atoms with Crippen molar-refractivity contribution in [2.45, 2.75) is 33.7 Å². The van der Waals surface area contributed by atoms with Gasteiger partial charge in [-0.3, -0.25) is 4.98 Å². The molecule has 0 aliphatic heterocycles. The second kappa shape index (κ2) is 5.68. The average molecular weight is 246 g/mol. The second-order valence-corrected chi connectivity index (χ2v) is 4.16. The first-order chi connectivity index (χ1) is 8.70. The fraction of sp³-hybridized carbons (Fsp3) is 0.500. The highest BCUT2D eigenvalue weighted by Crippen LogP contribution is 2.06. The smallest absolute Gasteiger partial charge is 0.174 e. The fourth-order valence-electron chi connectivity index (χ4n) is 1.71. The fourth-order valence-corrected chi connectivity index (χ4v) is 1.71. The zero-order valence-electron chi connectivity index (χ0n) is 11.0. The van der Waals surface area contributed by atoms with Crippen molar-refractivity contribution in [2.75, 3.05) is 6.54 Å². The van der Waals surface area contributed by atoms with Gasteiger partial charge in [0.25, 0.3) is 0 Å². The molecule has 6 heteroatoms. The Morgan fingerprint density at radius 2 is 2.06 bits per heavy atom. The topological polar surface area (TPSA) is 68.5 Å². The van der Waals surface area contributed by atoms with E-state index in [1.807, 2.05) is 13.8 Å². The summed E-state index contributed by atoms with van der Waals surface area (Å²) in [6.45, 7) is 7.61. The first-order valence-corrected chi connectivity index (χ1v) is 6.13. The third-order valence-electron chi connectivity index (χ3n) is 2.50. The Hall–Kier alpha value is -1.82. The van der Waals surface area contributed by atoms with Crippen LogP contribution in [0.2, 0.25) is 0 Å². The highest BCUT2D eigenvalue weighted by Gasteiger charge is 2.07. The summed E-state index contributed by atoms with van der Waals surface area (Å²) < 4.78 is 1.71. The Bertz CT molecular complexity index is 519. The quantitative estimate of drug-likeness (QED) is 0.802. The minimum Gasteiger partial charge on any atom is -0.311 e. The summed E-state index contributed by atoms with van der Waals surface area (Å²) in [4.78, 5) is 13.0. The standard InChI is InChI=1S/C12H18N6/c1-4-5-13-6-11-7-14-8-12(16-11)18-10(3)15-9(2)17-18/h7-8,13H,4-6H2,1-3H3. The minimum atomic E-state index is 0.712. The maximum absolute atomic E-state index is 4.52. The van der Waals surface area contributed by atoms with Gasteiger partial charge in [-0.2, -0.15) is 4.68 Å². The zero-order chi connectivity index (χ0) is 13.0. The van der Waals surface area contributed by atoms with Crippen LogP contribution in [0.3, 0.4) is 0 Å². The largest absolute Gasteiger partial charge is 0.311 e. The molecule has 0 atom stereocenters. The van der Waals surface area contributed by atoms with Gasteiger partial charge in [-0.1, -0.05) is 6.92 Å². The molecule has 0 fully saturated rings. The highest BCUT2D eigenvalue weighted by molar-refractivity contribution is 5.20. The lowest BCUT2D eigenvalue weighted by molar-refractivity contribution is 0.657. The van der Waals surface area contributed by atoms with Crippen molar-refractivity contribution in [1.29, 1.82) is 0 Å². The Kier molecular flexibility index (Phi) is 3.99. The molecule has 1 N–H and O–H groups in total. The number of hydrogen-bond acceptors (Lipinski definition) is 5. The number of hydrogen-bond donors (Lipinski definition) is 1. The molecule has 2 rings (SSSR count). The van der Waals surface area contributed by atoms with Crippen LogP contribution in [0.15, 0.2) is 12.4 Å². The van der Waals surface area contributed by atoms with E-state index in [2.05, 4.69) is 32.3 Å². The summed E-state index contributed by atoms with van der Waals surface area (Å²) in [5.74, 6) is 2.27. The molecule has 0 aliphatic carbocycles. The lowest BCUT2D eigenvalue weighted by atomic mass is 10.4. The van der Waals surface area contributed by atoms with Crippen LogP contribution in [0, 0.1) is 13.8 Å². The van der Waals surface area contributed by atoms with Crippen LogP contribution < -0.4 is 5.32 Å². The summed E-state index contributed by atoms with van der Waals surface area (Å²) in [5, 5.41) is 7.60. The third-order valence-corrected chi connectivity index (χ3v) is 2.50. The first-order valence-electron chi connectivity index (χ1n) is 6.13. The predicted octanol–water partition coefficient (Wildman–Crippen LogP) is 1.17. The molecule has 6 nitrogen and oxygen atoms in total. The molecule has 0 radical (unpaired) electrons. The van der Waals surface area contributed by atoms with Gasteiger partial charge in [0.05, 0.1) is 11.9 Å². The third kappa shape index (κ3) is 2.89. The van der Waals surface area contributed by atoms with E-state index in [0.29, 0.717) is 5.82 Å². The van der Waals surface area contributed by atoms with Crippen molar-refractivity contribution in [1.82, 2.24) is 30.0 Å². The maximum atomic E-state index is 4.52. The molecule has 2 aromatic rings. The molecule has 0 bridgehead atoms.